The van der Waals surface area contributed by atoms with Crippen molar-refractivity contribution in [1.82, 2.24) is 20.6 Å². The molecule has 3 rings (SSSR count). The van der Waals surface area contributed by atoms with Crippen molar-refractivity contribution < 1.29 is 4.74 Å². The van der Waals surface area contributed by atoms with E-state index in [9.17, 15) is 0 Å². The molecule has 27 heavy (non-hydrogen) atoms. The molecule has 3 N–H and O–H groups in total. The zero-order valence-corrected chi connectivity index (χ0v) is 16.4. The van der Waals surface area contributed by atoms with E-state index in [1.54, 1.807) is 7.11 Å². The molecule has 0 atom stereocenters. The van der Waals surface area contributed by atoms with Crippen LogP contribution < -0.4 is 10.6 Å². The van der Waals surface area contributed by atoms with Crippen LogP contribution in [0.25, 0.3) is 11.3 Å². The van der Waals surface area contributed by atoms with Crippen LogP contribution in [0, 0.1) is 5.41 Å². The van der Waals surface area contributed by atoms with E-state index in [2.05, 4.69) is 39.7 Å². The van der Waals surface area contributed by atoms with Crippen LogP contribution in [0.1, 0.15) is 38.4 Å². The molecule has 1 aromatic carbocycles. The lowest BCUT2D eigenvalue weighted by Crippen LogP contribution is -2.47. The molecule has 0 spiro atoms. The summed E-state index contributed by atoms with van der Waals surface area (Å²) in [6.45, 7) is 5.21. The predicted octanol–water partition coefficient (Wildman–Crippen LogP) is 3.34. The molecule has 0 saturated heterocycles. The lowest BCUT2D eigenvalue weighted by atomic mass is 9.67. The topological polar surface area (TPSA) is 74.3 Å². The third-order valence-corrected chi connectivity index (χ3v) is 5.33. The summed E-state index contributed by atoms with van der Waals surface area (Å²) in [6.07, 6.45) is 6.82. The number of nitrogens with one attached hydrogen (secondary N) is 3. The number of hydrogen-bond acceptors (Lipinski definition) is 3. The first-order valence-electron chi connectivity index (χ1n) is 9.85. The number of H-pyrrole nitrogens is 1. The second kappa shape index (κ2) is 9.55. The van der Waals surface area contributed by atoms with Crippen molar-refractivity contribution in [1.29, 1.82) is 0 Å². The Labute approximate surface area is 161 Å². The maximum atomic E-state index is 5.29. The Morgan fingerprint density at radius 3 is 2.74 bits per heavy atom. The highest BCUT2D eigenvalue weighted by Crippen LogP contribution is 2.43. The van der Waals surface area contributed by atoms with E-state index in [1.807, 2.05) is 24.4 Å². The number of hydrogen-bond donors (Lipinski definition) is 3. The number of methoxy groups -OCH3 is 1. The molecule has 1 heterocycles. The molecule has 0 radical (unpaired) electrons. The molecule has 1 fully saturated rings. The lowest BCUT2D eigenvalue weighted by molar-refractivity contribution is 0.0732. The molecular formula is C21H31N5O. The van der Waals surface area contributed by atoms with Gasteiger partial charge in [0.2, 0.25) is 0 Å². The molecule has 2 aromatic rings. The van der Waals surface area contributed by atoms with Crippen molar-refractivity contribution in [3.63, 3.8) is 0 Å². The van der Waals surface area contributed by atoms with Crippen LogP contribution in [0.2, 0.25) is 0 Å². The quantitative estimate of drug-likeness (QED) is 0.468. The number of benzene rings is 1. The fraction of sp³-hybridized carbons (Fsp3) is 0.524. The van der Waals surface area contributed by atoms with Gasteiger partial charge in [0.15, 0.2) is 5.96 Å². The second-order valence-electron chi connectivity index (χ2n) is 7.25. The van der Waals surface area contributed by atoms with Crippen LogP contribution in [0.3, 0.4) is 0 Å². The Hall–Kier alpha value is -2.34. The summed E-state index contributed by atoms with van der Waals surface area (Å²) in [4.78, 5) is 12.5. The molecule has 0 aliphatic heterocycles. The Morgan fingerprint density at radius 1 is 1.26 bits per heavy atom. The number of rotatable bonds is 9. The number of aromatic nitrogens is 2. The summed E-state index contributed by atoms with van der Waals surface area (Å²) in [5.41, 5.74) is 2.51. The van der Waals surface area contributed by atoms with Gasteiger partial charge in [0.25, 0.3) is 0 Å². The SMILES string of the molecule is CCNC(=NCc1ncc(-c2ccccc2)[nH]1)NCC1(CCOC)CCC1. The third kappa shape index (κ3) is 5.32. The van der Waals surface area contributed by atoms with Gasteiger partial charge in [-0.05, 0) is 37.2 Å². The summed E-state index contributed by atoms with van der Waals surface area (Å²) in [5, 5.41) is 6.86. The minimum Gasteiger partial charge on any atom is -0.385 e. The van der Waals surface area contributed by atoms with Crippen LogP contribution in [0.15, 0.2) is 41.5 Å². The van der Waals surface area contributed by atoms with E-state index in [0.29, 0.717) is 12.0 Å². The zero-order chi connectivity index (χ0) is 19.0. The molecule has 1 aliphatic carbocycles. The normalized spacial score (nSPS) is 16.0. The van der Waals surface area contributed by atoms with Crippen LogP contribution in [-0.4, -0.2) is 42.7 Å². The monoisotopic (exact) mass is 369 g/mol. The van der Waals surface area contributed by atoms with E-state index in [1.165, 1.54) is 19.3 Å². The highest BCUT2D eigenvalue weighted by Gasteiger charge is 2.36. The first kappa shape index (κ1) is 19.4. The van der Waals surface area contributed by atoms with Crippen LogP contribution in [-0.2, 0) is 11.3 Å². The van der Waals surface area contributed by atoms with E-state index in [-0.39, 0.29) is 0 Å². The number of nitrogens with zero attached hydrogens (tertiary/aromatic N) is 2. The third-order valence-electron chi connectivity index (χ3n) is 5.33. The number of ether oxygens (including phenoxy) is 1. The molecule has 1 saturated carbocycles. The Balaban J connectivity index is 1.58. The number of guanidine groups is 1. The maximum absolute atomic E-state index is 5.29. The molecule has 0 amide bonds. The van der Waals surface area contributed by atoms with E-state index in [0.717, 1.165) is 49.2 Å². The molecule has 0 bridgehead atoms. The number of imidazole rings is 1. The van der Waals surface area contributed by atoms with Crippen LogP contribution >= 0.6 is 0 Å². The minimum atomic E-state index is 0.358. The average Bonchev–Trinajstić information content (AvgIpc) is 3.14. The van der Waals surface area contributed by atoms with Crippen molar-refractivity contribution in [3.05, 3.63) is 42.4 Å². The molecule has 146 valence electrons. The highest BCUT2D eigenvalue weighted by atomic mass is 16.5. The minimum absolute atomic E-state index is 0.358. The first-order valence-corrected chi connectivity index (χ1v) is 9.85. The Bertz CT molecular complexity index is 721. The smallest absolute Gasteiger partial charge is 0.191 e. The van der Waals surface area contributed by atoms with Crippen molar-refractivity contribution in [2.75, 3.05) is 26.8 Å². The maximum Gasteiger partial charge on any atom is 0.191 e. The first-order chi connectivity index (χ1) is 13.2. The van der Waals surface area contributed by atoms with Gasteiger partial charge in [0, 0.05) is 26.8 Å². The summed E-state index contributed by atoms with van der Waals surface area (Å²) in [5.74, 6) is 1.71. The molecule has 1 aromatic heterocycles. The summed E-state index contributed by atoms with van der Waals surface area (Å²) in [6, 6.07) is 10.2. The summed E-state index contributed by atoms with van der Waals surface area (Å²) < 4.78 is 5.29. The Kier molecular flexibility index (Phi) is 6.87. The van der Waals surface area contributed by atoms with Gasteiger partial charge in [-0.3, -0.25) is 0 Å². The fourth-order valence-corrected chi connectivity index (χ4v) is 3.48. The van der Waals surface area contributed by atoms with Gasteiger partial charge in [-0.15, -0.1) is 0 Å². The van der Waals surface area contributed by atoms with Gasteiger partial charge in [0.1, 0.15) is 12.4 Å². The summed E-state index contributed by atoms with van der Waals surface area (Å²) >= 11 is 0. The average molecular weight is 370 g/mol. The van der Waals surface area contributed by atoms with Crippen molar-refractivity contribution in [2.45, 2.75) is 39.2 Å². The van der Waals surface area contributed by atoms with E-state index in [4.69, 9.17) is 9.73 Å². The molecule has 6 heteroatoms. The van der Waals surface area contributed by atoms with Gasteiger partial charge in [-0.1, -0.05) is 36.8 Å². The molecule has 1 aliphatic rings. The van der Waals surface area contributed by atoms with Crippen LogP contribution in [0.5, 0.6) is 0 Å². The van der Waals surface area contributed by atoms with Gasteiger partial charge in [-0.2, -0.15) is 0 Å². The van der Waals surface area contributed by atoms with Crippen LogP contribution in [0.4, 0.5) is 0 Å². The molecule has 0 unspecified atom stereocenters. The summed E-state index contributed by atoms with van der Waals surface area (Å²) in [7, 11) is 1.78. The second-order valence-corrected chi connectivity index (χ2v) is 7.25. The zero-order valence-electron chi connectivity index (χ0n) is 16.4. The fourth-order valence-electron chi connectivity index (χ4n) is 3.48. The molecule has 6 nitrogen and oxygen atoms in total. The number of aromatic amines is 1. The van der Waals surface area contributed by atoms with E-state index < -0.39 is 0 Å². The van der Waals surface area contributed by atoms with Gasteiger partial charge in [-0.25, -0.2) is 9.98 Å². The van der Waals surface area contributed by atoms with Gasteiger partial charge < -0.3 is 20.4 Å². The largest absolute Gasteiger partial charge is 0.385 e. The van der Waals surface area contributed by atoms with E-state index >= 15 is 0 Å². The highest BCUT2D eigenvalue weighted by molar-refractivity contribution is 5.79. The van der Waals surface area contributed by atoms with Gasteiger partial charge >= 0.3 is 0 Å². The Morgan fingerprint density at radius 2 is 2.07 bits per heavy atom. The number of aliphatic imine (C=N–C) groups is 1. The predicted molar refractivity (Wildman–Crippen MR) is 110 cm³/mol. The van der Waals surface area contributed by atoms with Crippen molar-refractivity contribution in [3.8, 4) is 11.3 Å². The van der Waals surface area contributed by atoms with Crippen molar-refractivity contribution >= 4 is 5.96 Å². The lowest BCUT2D eigenvalue weighted by Gasteiger charge is -2.42. The van der Waals surface area contributed by atoms with Crippen molar-refractivity contribution in [2.24, 2.45) is 10.4 Å². The van der Waals surface area contributed by atoms with Gasteiger partial charge in [0.05, 0.1) is 11.9 Å². The standard InChI is InChI=1S/C21H31N5O/c1-3-22-20(25-16-21(10-7-11-21)12-13-27-2)24-15-19-23-14-18(26-19)17-8-5-4-6-9-17/h4-6,8-9,14H,3,7,10-13,15-16H2,1-2H3,(H,23,26)(H2,22,24,25). The molecular weight excluding hydrogens is 338 g/mol.